The van der Waals surface area contributed by atoms with E-state index in [2.05, 4.69) is 16.8 Å². The summed E-state index contributed by atoms with van der Waals surface area (Å²) >= 11 is 0. The molecule has 1 aromatic rings. The summed E-state index contributed by atoms with van der Waals surface area (Å²) in [5.74, 6) is 0. The number of H-pyrrole nitrogens is 1. The SMILES string of the molecule is C=CCc1n[nH]cc1[N+](=O)[O-]. The van der Waals surface area contributed by atoms with E-state index in [1.54, 1.807) is 6.08 Å². The average molecular weight is 153 g/mol. The van der Waals surface area contributed by atoms with Gasteiger partial charge >= 0.3 is 5.69 Å². The highest BCUT2D eigenvalue weighted by Gasteiger charge is 2.13. The normalized spacial score (nSPS) is 9.45. The maximum absolute atomic E-state index is 10.3. The van der Waals surface area contributed by atoms with Crippen molar-refractivity contribution in [3.05, 3.63) is 34.7 Å². The second-order valence-electron chi connectivity index (χ2n) is 1.97. The van der Waals surface area contributed by atoms with Crippen LogP contribution in [0.2, 0.25) is 0 Å². The third-order valence-corrected chi connectivity index (χ3v) is 1.23. The zero-order valence-corrected chi connectivity index (χ0v) is 5.78. The Morgan fingerprint density at radius 2 is 2.64 bits per heavy atom. The Labute approximate surface area is 62.9 Å². The first-order valence-electron chi connectivity index (χ1n) is 3.03. The van der Waals surface area contributed by atoms with Gasteiger partial charge in [-0.15, -0.1) is 6.58 Å². The molecule has 0 saturated heterocycles. The summed E-state index contributed by atoms with van der Waals surface area (Å²) in [6.07, 6.45) is 3.25. The van der Waals surface area contributed by atoms with E-state index in [4.69, 9.17) is 0 Å². The maximum atomic E-state index is 10.3. The van der Waals surface area contributed by atoms with Crippen molar-refractivity contribution >= 4 is 5.69 Å². The van der Waals surface area contributed by atoms with Crippen molar-refractivity contribution in [3.63, 3.8) is 0 Å². The van der Waals surface area contributed by atoms with E-state index in [9.17, 15) is 10.1 Å². The fourth-order valence-electron chi connectivity index (χ4n) is 0.757. The molecule has 0 bridgehead atoms. The quantitative estimate of drug-likeness (QED) is 0.400. The molecular formula is C6H7N3O2. The molecule has 5 nitrogen and oxygen atoms in total. The minimum atomic E-state index is -0.470. The highest BCUT2D eigenvalue weighted by molar-refractivity contribution is 5.32. The van der Waals surface area contributed by atoms with Crippen LogP contribution in [-0.2, 0) is 6.42 Å². The van der Waals surface area contributed by atoms with E-state index in [-0.39, 0.29) is 5.69 Å². The summed E-state index contributed by atoms with van der Waals surface area (Å²) in [5, 5.41) is 16.4. The lowest BCUT2D eigenvalue weighted by atomic mass is 10.3. The lowest BCUT2D eigenvalue weighted by Crippen LogP contribution is -1.91. The standard InChI is InChI=1S/C6H7N3O2/c1-2-3-5-6(9(10)11)4-7-8-5/h2,4H,1,3H2,(H,7,8). The van der Waals surface area contributed by atoms with Crippen molar-refractivity contribution < 1.29 is 4.92 Å². The number of hydrogen-bond acceptors (Lipinski definition) is 3. The van der Waals surface area contributed by atoms with Gasteiger partial charge in [0.05, 0.1) is 11.1 Å². The van der Waals surface area contributed by atoms with Crippen LogP contribution in [0.1, 0.15) is 5.69 Å². The van der Waals surface area contributed by atoms with Gasteiger partial charge in [-0.05, 0) is 0 Å². The van der Waals surface area contributed by atoms with Crippen molar-refractivity contribution in [2.45, 2.75) is 6.42 Å². The van der Waals surface area contributed by atoms with Gasteiger partial charge in [-0.3, -0.25) is 15.2 Å². The summed E-state index contributed by atoms with van der Waals surface area (Å²) in [5.41, 5.74) is 0.440. The number of rotatable bonds is 3. The molecule has 1 rings (SSSR count). The zero-order valence-electron chi connectivity index (χ0n) is 5.78. The van der Waals surface area contributed by atoms with Crippen molar-refractivity contribution in [1.82, 2.24) is 10.2 Å². The fourth-order valence-corrected chi connectivity index (χ4v) is 0.757. The highest BCUT2D eigenvalue weighted by Crippen LogP contribution is 2.14. The molecule has 0 radical (unpaired) electrons. The van der Waals surface area contributed by atoms with Crippen LogP contribution >= 0.6 is 0 Å². The molecule has 1 N–H and O–H groups in total. The molecule has 0 aliphatic heterocycles. The molecule has 0 aliphatic carbocycles. The number of nitrogens with zero attached hydrogens (tertiary/aromatic N) is 2. The van der Waals surface area contributed by atoms with Crippen LogP contribution in [-0.4, -0.2) is 15.1 Å². The van der Waals surface area contributed by atoms with Crippen LogP contribution in [0.15, 0.2) is 18.9 Å². The van der Waals surface area contributed by atoms with Gasteiger partial charge in [0, 0.05) is 6.42 Å². The lowest BCUT2D eigenvalue weighted by molar-refractivity contribution is -0.385. The van der Waals surface area contributed by atoms with E-state index in [0.29, 0.717) is 12.1 Å². The molecule has 5 heteroatoms. The maximum Gasteiger partial charge on any atom is 0.310 e. The van der Waals surface area contributed by atoms with Gasteiger partial charge in [-0.2, -0.15) is 5.10 Å². The van der Waals surface area contributed by atoms with Gasteiger partial charge in [0.2, 0.25) is 0 Å². The average Bonchev–Trinajstić information content (AvgIpc) is 2.36. The van der Waals surface area contributed by atoms with Crippen molar-refractivity contribution in [3.8, 4) is 0 Å². The Balaban J connectivity index is 2.95. The van der Waals surface area contributed by atoms with Crippen LogP contribution < -0.4 is 0 Å². The predicted molar refractivity (Wildman–Crippen MR) is 39.1 cm³/mol. The number of aromatic amines is 1. The summed E-state index contributed by atoms with van der Waals surface area (Å²) in [6, 6.07) is 0. The molecule has 0 unspecified atom stereocenters. The van der Waals surface area contributed by atoms with Crippen LogP contribution in [0.25, 0.3) is 0 Å². The van der Waals surface area contributed by atoms with Gasteiger partial charge in [0.25, 0.3) is 0 Å². The molecule has 0 fully saturated rings. The summed E-state index contributed by atoms with van der Waals surface area (Å²) in [6.45, 7) is 3.46. The number of nitro groups is 1. The Kier molecular flexibility index (Phi) is 2.00. The highest BCUT2D eigenvalue weighted by atomic mass is 16.6. The van der Waals surface area contributed by atoms with E-state index in [1.165, 1.54) is 6.20 Å². The van der Waals surface area contributed by atoms with Gasteiger partial charge in [0.1, 0.15) is 5.69 Å². The molecule has 0 amide bonds. The minimum Gasteiger partial charge on any atom is -0.278 e. The number of aromatic nitrogens is 2. The van der Waals surface area contributed by atoms with Gasteiger partial charge in [-0.1, -0.05) is 6.08 Å². The molecular weight excluding hydrogens is 146 g/mol. The van der Waals surface area contributed by atoms with Gasteiger partial charge in [0.15, 0.2) is 0 Å². The molecule has 0 spiro atoms. The third-order valence-electron chi connectivity index (χ3n) is 1.23. The van der Waals surface area contributed by atoms with E-state index in [0.717, 1.165) is 0 Å². The molecule has 58 valence electrons. The van der Waals surface area contributed by atoms with Gasteiger partial charge < -0.3 is 0 Å². The second-order valence-corrected chi connectivity index (χ2v) is 1.97. The molecule has 0 aliphatic rings. The number of nitrogens with one attached hydrogen (secondary N) is 1. The van der Waals surface area contributed by atoms with E-state index < -0.39 is 4.92 Å². The van der Waals surface area contributed by atoms with Crippen LogP contribution in [0.4, 0.5) is 5.69 Å². The monoisotopic (exact) mass is 153 g/mol. The Morgan fingerprint density at radius 3 is 3.18 bits per heavy atom. The zero-order chi connectivity index (χ0) is 8.27. The Morgan fingerprint density at radius 1 is 1.91 bits per heavy atom. The van der Waals surface area contributed by atoms with Crippen LogP contribution in [0.3, 0.4) is 0 Å². The van der Waals surface area contributed by atoms with Crippen molar-refractivity contribution in [2.24, 2.45) is 0 Å². The molecule has 1 aromatic heterocycles. The predicted octanol–water partition coefficient (Wildman–Crippen LogP) is 1.05. The van der Waals surface area contributed by atoms with Crippen molar-refractivity contribution in [2.75, 3.05) is 0 Å². The fraction of sp³-hybridized carbons (Fsp3) is 0.167. The first-order valence-corrected chi connectivity index (χ1v) is 3.03. The Bertz CT molecular complexity index is 279. The lowest BCUT2D eigenvalue weighted by Gasteiger charge is -1.87. The summed E-state index contributed by atoms with van der Waals surface area (Å²) < 4.78 is 0. The third kappa shape index (κ3) is 1.43. The Hall–Kier alpha value is -1.65. The first-order chi connectivity index (χ1) is 5.25. The summed E-state index contributed by atoms with van der Waals surface area (Å²) in [7, 11) is 0. The number of allylic oxidation sites excluding steroid dienone is 1. The largest absolute Gasteiger partial charge is 0.310 e. The number of hydrogen-bond donors (Lipinski definition) is 1. The molecule has 11 heavy (non-hydrogen) atoms. The molecule has 0 atom stereocenters. The van der Waals surface area contributed by atoms with Crippen molar-refractivity contribution in [1.29, 1.82) is 0 Å². The smallest absolute Gasteiger partial charge is 0.278 e. The minimum absolute atomic E-state index is 0.0184. The molecule has 0 aromatic carbocycles. The topological polar surface area (TPSA) is 71.8 Å². The first kappa shape index (κ1) is 7.46. The summed E-state index contributed by atoms with van der Waals surface area (Å²) in [4.78, 5) is 9.80. The van der Waals surface area contributed by atoms with Crippen LogP contribution in [0.5, 0.6) is 0 Å². The van der Waals surface area contributed by atoms with Crippen LogP contribution in [0, 0.1) is 10.1 Å². The van der Waals surface area contributed by atoms with E-state index in [1.807, 2.05) is 0 Å². The van der Waals surface area contributed by atoms with E-state index >= 15 is 0 Å². The molecule has 1 heterocycles. The molecule has 0 saturated carbocycles. The van der Waals surface area contributed by atoms with Gasteiger partial charge in [-0.25, -0.2) is 0 Å². The second kappa shape index (κ2) is 2.96.